The summed E-state index contributed by atoms with van der Waals surface area (Å²) in [6.45, 7) is 10.5. The molecule has 0 saturated heterocycles. The van der Waals surface area contributed by atoms with Gasteiger partial charge in [-0.15, -0.1) is 0 Å². The number of aromatic nitrogens is 1. The van der Waals surface area contributed by atoms with E-state index in [4.69, 9.17) is 10.5 Å². The lowest BCUT2D eigenvalue weighted by atomic mass is 9.86. The molecule has 1 aromatic carbocycles. The van der Waals surface area contributed by atoms with Gasteiger partial charge in [-0.25, -0.2) is 4.98 Å². The quantitative estimate of drug-likeness (QED) is 0.902. The fraction of sp³-hybridized carbons (Fsp3) is 0.389. The molecule has 1 atom stereocenters. The summed E-state index contributed by atoms with van der Waals surface area (Å²) in [7, 11) is 0. The Labute approximate surface area is 127 Å². The molecule has 0 radical (unpaired) electrons. The van der Waals surface area contributed by atoms with E-state index in [0.29, 0.717) is 5.88 Å². The van der Waals surface area contributed by atoms with Crippen LogP contribution in [0.25, 0.3) is 0 Å². The van der Waals surface area contributed by atoms with Crippen LogP contribution in [-0.4, -0.2) is 4.98 Å². The minimum atomic E-state index is -0.0325. The van der Waals surface area contributed by atoms with Crippen LogP contribution in [0.2, 0.25) is 0 Å². The van der Waals surface area contributed by atoms with Crippen molar-refractivity contribution in [3.8, 4) is 11.6 Å². The molecular formula is C18H24N2O. The standard InChI is InChI=1S/C18H24N2O/c1-12-6-7-15(18(3,4)5)16(10-12)21-17-11-14(13(2)19)8-9-20-17/h6-11,13H,19H2,1-5H3. The van der Waals surface area contributed by atoms with Gasteiger partial charge in [-0.05, 0) is 42.5 Å². The van der Waals surface area contributed by atoms with Crippen LogP contribution in [0.1, 0.15) is 50.4 Å². The zero-order valence-corrected chi connectivity index (χ0v) is 13.5. The molecule has 1 unspecified atom stereocenters. The molecule has 2 rings (SSSR count). The van der Waals surface area contributed by atoms with Gasteiger partial charge < -0.3 is 10.5 Å². The fourth-order valence-electron chi connectivity index (χ4n) is 2.21. The summed E-state index contributed by atoms with van der Waals surface area (Å²) in [5, 5.41) is 0. The summed E-state index contributed by atoms with van der Waals surface area (Å²) < 4.78 is 6.04. The van der Waals surface area contributed by atoms with Gasteiger partial charge in [0.25, 0.3) is 0 Å². The van der Waals surface area contributed by atoms with Crippen LogP contribution in [0.15, 0.2) is 36.5 Å². The Balaban J connectivity index is 2.39. The van der Waals surface area contributed by atoms with Crippen LogP contribution in [0.4, 0.5) is 0 Å². The maximum atomic E-state index is 6.04. The summed E-state index contributed by atoms with van der Waals surface area (Å²) in [4.78, 5) is 4.29. The molecule has 3 heteroatoms. The van der Waals surface area contributed by atoms with Crippen molar-refractivity contribution in [2.24, 2.45) is 5.73 Å². The van der Waals surface area contributed by atoms with E-state index >= 15 is 0 Å². The third kappa shape index (κ3) is 3.82. The van der Waals surface area contributed by atoms with E-state index in [2.05, 4.69) is 50.9 Å². The minimum Gasteiger partial charge on any atom is -0.439 e. The summed E-state index contributed by atoms with van der Waals surface area (Å²) in [6, 6.07) is 10.1. The number of nitrogens with zero attached hydrogens (tertiary/aromatic N) is 1. The van der Waals surface area contributed by atoms with Crippen molar-refractivity contribution in [3.63, 3.8) is 0 Å². The second-order valence-electron chi connectivity index (χ2n) is 6.57. The van der Waals surface area contributed by atoms with Gasteiger partial charge in [0.15, 0.2) is 0 Å². The van der Waals surface area contributed by atoms with Crippen LogP contribution >= 0.6 is 0 Å². The highest BCUT2D eigenvalue weighted by atomic mass is 16.5. The Morgan fingerprint density at radius 3 is 2.48 bits per heavy atom. The van der Waals surface area contributed by atoms with Gasteiger partial charge in [-0.1, -0.05) is 32.9 Å². The van der Waals surface area contributed by atoms with Crippen molar-refractivity contribution in [3.05, 3.63) is 53.2 Å². The first-order chi connectivity index (χ1) is 9.77. The molecule has 0 bridgehead atoms. The Morgan fingerprint density at radius 1 is 1.14 bits per heavy atom. The average molecular weight is 284 g/mol. The number of pyridine rings is 1. The molecule has 1 aromatic heterocycles. The third-order valence-electron chi connectivity index (χ3n) is 3.44. The van der Waals surface area contributed by atoms with Crippen molar-refractivity contribution in [1.29, 1.82) is 0 Å². The summed E-state index contributed by atoms with van der Waals surface area (Å²) in [5.74, 6) is 1.44. The lowest BCUT2D eigenvalue weighted by molar-refractivity contribution is 0.438. The predicted molar refractivity (Wildman–Crippen MR) is 86.8 cm³/mol. The average Bonchev–Trinajstić information content (AvgIpc) is 2.37. The highest BCUT2D eigenvalue weighted by Crippen LogP contribution is 2.34. The molecule has 0 saturated carbocycles. The van der Waals surface area contributed by atoms with Gasteiger partial charge in [0, 0.05) is 23.9 Å². The number of benzene rings is 1. The van der Waals surface area contributed by atoms with E-state index in [9.17, 15) is 0 Å². The Kier molecular flexibility index (Phi) is 4.33. The Hall–Kier alpha value is -1.87. The van der Waals surface area contributed by atoms with E-state index < -0.39 is 0 Å². The molecule has 1 heterocycles. The normalized spacial score (nSPS) is 13.0. The van der Waals surface area contributed by atoms with Crippen LogP contribution < -0.4 is 10.5 Å². The number of rotatable bonds is 3. The fourth-order valence-corrected chi connectivity index (χ4v) is 2.21. The van der Waals surface area contributed by atoms with E-state index in [1.807, 2.05) is 19.1 Å². The largest absolute Gasteiger partial charge is 0.439 e. The Bertz CT molecular complexity index is 627. The van der Waals surface area contributed by atoms with Crippen molar-refractivity contribution < 1.29 is 4.74 Å². The van der Waals surface area contributed by atoms with E-state index in [-0.39, 0.29) is 11.5 Å². The molecule has 21 heavy (non-hydrogen) atoms. The maximum absolute atomic E-state index is 6.04. The highest BCUT2D eigenvalue weighted by molar-refractivity contribution is 5.43. The first kappa shape index (κ1) is 15.5. The SMILES string of the molecule is Cc1ccc(C(C)(C)C)c(Oc2cc(C(C)N)ccn2)c1. The van der Waals surface area contributed by atoms with Crippen molar-refractivity contribution in [2.45, 2.75) is 46.1 Å². The smallest absolute Gasteiger partial charge is 0.219 e. The third-order valence-corrected chi connectivity index (χ3v) is 3.44. The molecule has 3 nitrogen and oxygen atoms in total. The first-order valence-corrected chi connectivity index (χ1v) is 7.28. The molecule has 2 N–H and O–H groups in total. The van der Waals surface area contributed by atoms with Gasteiger partial charge in [0.1, 0.15) is 5.75 Å². The van der Waals surface area contributed by atoms with Crippen molar-refractivity contribution in [1.82, 2.24) is 4.98 Å². The summed E-state index contributed by atoms with van der Waals surface area (Å²) in [5.41, 5.74) is 9.29. The van der Waals surface area contributed by atoms with Gasteiger partial charge in [-0.3, -0.25) is 0 Å². The lowest BCUT2D eigenvalue weighted by Crippen LogP contribution is -2.13. The molecule has 0 aliphatic heterocycles. The first-order valence-electron chi connectivity index (χ1n) is 7.28. The Morgan fingerprint density at radius 2 is 1.86 bits per heavy atom. The van der Waals surface area contributed by atoms with Crippen LogP contribution in [0.3, 0.4) is 0 Å². The van der Waals surface area contributed by atoms with Gasteiger partial charge >= 0.3 is 0 Å². The number of hydrogen-bond donors (Lipinski definition) is 1. The zero-order valence-electron chi connectivity index (χ0n) is 13.5. The van der Waals surface area contributed by atoms with Crippen molar-refractivity contribution in [2.75, 3.05) is 0 Å². The van der Waals surface area contributed by atoms with E-state index in [1.165, 1.54) is 11.1 Å². The molecule has 0 aliphatic carbocycles. The topological polar surface area (TPSA) is 48.1 Å². The van der Waals surface area contributed by atoms with Crippen LogP contribution in [0.5, 0.6) is 11.6 Å². The summed E-state index contributed by atoms with van der Waals surface area (Å²) >= 11 is 0. The van der Waals surface area contributed by atoms with E-state index in [1.54, 1.807) is 6.20 Å². The minimum absolute atomic E-state index is 0.0157. The maximum Gasteiger partial charge on any atom is 0.219 e. The van der Waals surface area contributed by atoms with Gasteiger partial charge in [0.2, 0.25) is 5.88 Å². The zero-order chi connectivity index (χ0) is 15.6. The van der Waals surface area contributed by atoms with E-state index in [0.717, 1.165) is 11.3 Å². The van der Waals surface area contributed by atoms with Crippen molar-refractivity contribution >= 4 is 0 Å². The lowest BCUT2D eigenvalue weighted by Gasteiger charge is -2.23. The van der Waals surface area contributed by atoms with Gasteiger partial charge in [-0.2, -0.15) is 0 Å². The number of aryl methyl sites for hydroxylation is 1. The number of ether oxygens (including phenoxy) is 1. The second-order valence-corrected chi connectivity index (χ2v) is 6.57. The second kappa shape index (κ2) is 5.86. The molecule has 0 aliphatic rings. The number of nitrogens with two attached hydrogens (primary N) is 1. The molecule has 0 spiro atoms. The molecule has 2 aromatic rings. The monoisotopic (exact) mass is 284 g/mol. The summed E-state index contributed by atoms with van der Waals surface area (Å²) in [6.07, 6.45) is 1.74. The molecular weight excluding hydrogens is 260 g/mol. The number of hydrogen-bond acceptors (Lipinski definition) is 3. The predicted octanol–water partition coefficient (Wildman–Crippen LogP) is 4.50. The van der Waals surface area contributed by atoms with Crippen LogP contribution in [0, 0.1) is 6.92 Å². The van der Waals surface area contributed by atoms with Gasteiger partial charge in [0.05, 0.1) is 0 Å². The molecule has 0 fully saturated rings. The highest BCUT2D eigenvalue weighted by Gasteiger charge is 2.19. The molecule has 0 amide bonds. The van der Waals surface area contributed by atoms with Crippen LogP contribution in [-0.2, 0) is 5.41 Å². The molecule has 112 valence electrons.